The molecule has 5 nitrogen and oxygen atoms in total. The molecule has 0 aliphatic rings. The van der Waals surface area contributed by atoms with Crippen LogP contribution in [0.2, 0.25) is 0 Å². The Kier molecular flexibility index (Phi) is 5.25. The molecule has 0 atom stereocenters. The maximum atomic E-state index is 12.6. The summed E-state index contributed by atoms with van der Waals surface area (Å²) in [6.45, 7) is 3.88. The molecule has 0 unspecified atom stereocenters. The van der Waals surface area contributed by atoms with Crippen molar-refractivity contribution in [2.24, 2.45) is 0 Å². The Labute approximate surface area is 135 Å². The number of nitrogens with one attached hydrogen (secondary N) is 1. The standard InChI is InChI=1S/C18H18N2O3/c1-12-6-7-14(9-13(12)2)17(21)16(18(22)23-3)11-20-15-5-4-8-19-10-15/h4-11,20H,1-3H3/b16-11-. The number of aromatic nitrogens is 1. The highest BCUT2D eigenvalue weighted by Crippen LogP contribution is 2.15. The van der Waals surface area contributed by atoms with Crippen LogP contribution >= 0.6 is 0 Å². The number of carbonyl (C=O) groups is 2. The van der Waals surface area contributed by atoms with E-state index in [4.69, 9.17) is 4.74 Å². The van der Waals surface area contributed by atoms with E-state index in [1.165, 1.54) is 13.3 Å². The van der Waals surface area contributed by atoms with Gasteiger partial charge in [0.2, 0.25) is 5.78 Å². The van der Waals surface area contributed by atoms with E-state index >= 15 is 0 Å². The highest BCUT2D eigenvalue weighted by molar-refractivity contribution is 6.24. The number of benzene rings is 1. The van der Waals surface area contributed by atoms with E-state index in [-0.39, 0.29) is 5.57 Å². The number of methoxy groups -OCH3 is 1. The smallest absolute Gasteiger partial charge is 0.343 e. The van der Waals surface area contributed by atoms with Crippen LogP contribution in [0.4, 0.5) is 5.69 Å². The number of esters is 1. The van der Waals surface area contributed by atoms with Gasteiger partial charge >= 0.3 is 5.97 Å². The molecule has 1 aromatic heterocycles. The number of Topliss-reactive ketones (excluding diaryl/α,β-unsaturated/α-hetero) is 1. The van der Waals surface area contributed by atoms with Crippen molar-refractivity contribution in [1.82, 2.24) is 4.98 Å². The van der Waals surface area contributed by atoms with E-state index in [1.807, 2.05) is 19.9 Å². The summed E-state index contributed by atoms with van der Waals surface area (Å²) in [6.07, 6.45) is 4.57. The van der Waals surface area contributed by atoms with Crippen molar-refractivity contribution in [3.05, 3.63) is 71.2 Å². The van der Waals surface area contributed by atoms with E-state index in [1.54, 1.807) is 36.7 Å². The lowest BCUT2D eigenvalue weighted by Gasteiger charge is -2.08. The minimum Gasteiger partial charge on any atom is -0.465 e. The van der Waals surface area contributed by atoms with Crippen LogP contribution in [-0.4, -0.2) is 23.8 Å². The van der Waals surface area contributed by atoms with Gasteiger partial charge in [-0.15, -0.1) is 0 Å². The van der Waals surface area contributed by atoms with E-state index in [0.29, 0.717) is 11.3 Å². The van der Waals surface area contributed by atoms with Gasteiger partial charge in [-0.05, 0) is 43.2 Å². The number of ether oxygens (including phenoxy) is 1. The predicted molar refractivity (Wildman–Crippen MR) is 88.2 cm³/mol. The molecule has 0 aliphatic heterocycles. The highest BCUT2D eigenvalue weighted by Gasteiger charge is 2.21. The minimum atomic E-state index is -0.690. The van der Waals surface area contributed by atoms with Crippen molar-refractivity contribution in [2.75, 3.05) is 12.4 Å². The Hall–Kier alpha value is -2.95. The fourth-order valence-corrected chi connectivity index (χ4v) is 1.97. The summed E-state index contributed by atoms with van der Waals surface area (Å²) >= 11 is 0. The van der Waals surface area contributed by atoms with E-state index in [2.05, 4.69) is 10.3 Å². The van der Waals surface area contributed by atoms with Crippen LogP contribution in [0, 0.1) is 13.8 Å². The molecule has 118 valence electrons. The SMILES string of the molecule is COC(=O)/C(=C\Nc1cccnc1)C(=O)c1ccc(C)c(C)c1. The molecule has 2 aromatic rings. The van der Waals surface area contributed by atoms with Gasteiger partial charge in [0.15, 0.2) is 0 Å². The maximum Gasteiger partial charge on any atom is 0.343 e. The zero-order valence-corrected chi connectivity index (χ0v) is 13.3. The number of nitrogens with zero attached hydrogens (tertiary/aromatic N) is 1. The molecule has 5 heteroatoms. The molecule has 23 heavy (non-hydrogen) atoms. The van der Waals surface area contributed by atoms with Crippen molar-refractivity contribution in [2.45, 2.75) is 13.8 Å². The lowest BCUT2D eigenvalue weighted by Crippen LogP contribution is -2.16. The number of anilines is 1. The fraction of sp³-hybridized carbons (Fsp3) is 0.167. The molecule has 0 saturated carbocycles. The second kappa shape index (κ2) is 7.35. The number of ketones is 1. The van der Waals surface area contributed by atoms with E-state index in [9.17, 15) is 9.59 Å². The molecule has 1 heterocycles. The van der Waals surface area contributed by atoms with Crippen LogP contribution in [0.3, 0.4) is 0 Å². The predicted octanol–water partition coefficient (Wildman–Crippen LogP) is 3.05. The molecule has 0 bridgehead atoms. The lowest BCUT2D eigenvalue weighted by atomic mass is 9.99. The summed E-state index contributed by atoms with van der Waals surface area (Å²) in [7, 11) is 1.24. The Morgan fingerprint density at radius 2 is 1.96 bits per heavy atom. The van der Waals surface area contributed by atoms with Gasteiger partial charge in [0.1, 0.15) is 5.57 Å². The quantitative estimate of drug-likeness (QED) is 0.302. The van der Waals surface area contributed by atoms with Crippen LogP contribution in [0.25, 0.3) is 0 Å². The number of aryl methyl sites for hydroxylation is 2. The normalized spacial score (nSPS) is 11.0. The summed E-state index contributed by atoms with van der Waals surface area (Å²) in [5, 5.41) is 2.89. The zero-order valence-electron chi connectivity index (χ0n) is 13.3. The third kappa shape index (κ3) is 4.03. The van der Waals surface area contributed by atoms with Gasteiger partial charge in [0.05, 0.1) is 19.0 Å². The molecule has 1 aromatic carbocycles. The first-order valence-electron chi connectivity index (χ1n) is 7.10. The molecule has 2 rings (SSSR count). The fourth-order valence-electron chi connectivity index (χ4n) is 1.97. The van der Waals surface area contributed by atoms with Crippen LogP contribution in [0.15, 0.2) is 54.5 Å². The van der Waals surface area contributed by atoms with Gasteiger partial charge in [-0.1, -0.05) is 12.1 Å². The van der Waals surface area contributed by atoms with Gasteiger partial charge in [-0.2, -0.15) is 0 Å². The van der Waals surface area contributed by atoms with Crippen molar-refractivity contribution in [1.29, 1.82) is 0 Å². The largest absolute Gasteiger partial charge is 0.465 e. The number of hydrogen-bond acceptors (Lipinski definition) is 5. The van der Waals surface area contributed by atoms with Crippen molar-refractivity contribution >= 4 is 17.4 Å². The summed E-state index contributed by atoms with van der Waals surface area (Å²) in [5.74, 6) is -1.08. The number of hydrogen-bond donors (Lipinski definition) is 1. The molecular formula is C18H18N2O3. The zero-order chi connectivity index (χ0) is 16.8. The molecule has 1 N–H and O–H groups in total. The monoisotopic (exact) mass is 310 g/mol. The number of pyridine rings is 1. The topological polar surface area (TPSA) is 68.3 Å². The van der Waals surface area contributed by atoms with Gasteiger partial charge in [0.25, 0.3) is 0 Å². The average Bonchev–Trinajstić information content (AvgIpc) is 2.58. The molecule has 0 spiro atoms. The van der Waals surface area contributed by atoms with Crippen LogP contribution in [0.1, 0.15) is 21.5 Å². The maximum absolute atomic E-state index is 12.6. The van der Waals surface area contributed by atoms with Crippen molar-refractivity contribution in [3.8, 4) is 0 Å². The lowest BCUT2D eigenvalue weighted by molar-refractivity contribution is -0.135. The van der Waals surface area contributed by atoms with Gasteiger partial charge in [-0.3, -0.25) is 9.78 Å². The third-order valence-electron chi connectivity index (χ3n) is 3.46. The summed E-state index contributed by atoms with van der Waals surface area (Å²) in [4.78, 5) is 28.5. The Balaban J connectivity index is 2.32. The molecule has 0 radical (unpaired) electrons. The van der Waals surface area contributed by atoms with Gasteiger partial charge in [0, 0.05) is 18.0 Å². The molecule has 0 aliphatic carbocycles. The van der Waals surface area contributed by atoms with Crippen LogP contribution in [0.5, 0.6) is 0 Å². The Morgan fingerprint density at radius 3 is 2.57 bits per heavy atom. The van der Waals surface area contributed by atoms with E-state index < -0.39 is 11.8 Å². The van der Waals surface area contributed by atoms with Gasteiger partial charge < -0.3 is 10.1 Å². The van der Waals surface area contributed by atoms with Gasteiger partial charge in [-0.25, -0.2) is 4.79 Å². The molecule has 0 fully saturated rings. The summed E-state index contributed by atoms with van der Waals surface area (Å²) in [6, 6.07) is 8.84. The van der Waals surface area contributed by atoms with Crippen molar-refractivity contribution < 1.29 is 14.3 Å². The van der Waals surface area contributed by atoms with Crippen LogP contribution < -0.4 is 5.32 Å². The summed E-state index contributed by atoms with van der Waals surface area (Å²) in [5.41, 5.74) is 3.11. The minimum absolute atomic E-state index is 0.0698. The number of carbonyl (C=O) groups excluding carboxylic acids is 2. The second-order valence-electron chi connectivity index (χ2n) is 5.06. The summed E-state index contributed by atoms with van der Waals surface area (Å²) < 4.78 is 4.71. The molecule has 0 amide bonds. The first-order valence-corrected chi connectivity index (χ1v) is 7.10. The van der Waals surface area contributed by atoms with Crippen LogP contribution in [-0.2, 0) is 9.53 Å². The first-order chi connectivity index (χ1) is 11.0. The Morgan fingerprint density at radius 1 is 1.17 bits per heavy atom. The Bertz CT molecular complexity index is 752. The third-order valence-corrected chi connectivity index (χ3v) is 3.46. The highest BCUT2D eigenvalue weighted by atomic mass is 16.5. The first kappa shape index (κ1) is 16.4. The average molecular weight is 310 g/mol. The molecular weight excluding hydrogens is 292 g/mol. The van der Waals surface area contributed by atoms with E-state index in [0.717, 1.165) is 11.1 Å². The second-order valence-corrected chi connectivity index (χ2v) is 5.06. The van der Waals surface area contributed by atoms with Crippen molar-refractivity contribution in [3.63, 3.8) is 0 Å². The number of rotatable bonds is 5. The molecule has 0 saturated heterocycles.